The molecule has 1 saturated carbocycles. The summed E-state index contributed by atoms with van der Waals surface area (Å²) < 4.78 is 1.14. The van der Waals surface area contributed by atoms with Gasteiger partial charge < -0.3 is 9.59 Å². The van der Waals surface area contributed by atoms with Crippen LogP contribution in [-0.2, 0) is 0 Å². The molecule has 1 aliphatic carbocycles. The van der Waals surface area contributed by atoms with Crippen LogP contribution in [0, 0.1) is 23.7 Å². The van der Waals surface area contributed by atoms with Gasteiger partial charge in [-0.05, 0) is 18.3 Å². The molecule has 1 heterocycles. The third kappa shape index (κ3) is 1.59. The fourth-order valence-corrected chi connectivity index (χ4v) is 3.86. The molecule has 5 atom stereocenters. The van der Waals surface area contributed by atoms with Crippen molar-refractivity contribution in [3.8, 4) is 0 Å². The minimum absolute atomic E-state index is 0.0365. The summed E-state index contributed by atoms with van der Waals surface area (Å²) >= 11 is 0. The zero-order chi connectivity index (χ0) is 10.5. The molecule has 0 aromatic heterocycles. The van der Waals surface area contributed by atoms with Crippen molar-refractivity contribution in [1.82, 2.24) is 0 Å². The van der Waals surface area contributed by atoms with Gasteiger partial charge >= 0.3 is 0 Å². The van der Waals surface area contributed by atoms with Crippen molar-refractivity contribution in [3.63, 3.8) is 0 Å². The second-order valence-corrected chi connectivity index (χ2v) is 6.27. The monoisotopic (exact) mass is 198 g/mol. The molecule has 1 saturated heterocycles. The zero-order valence-corrected chi connectivity index (χ0v) is 9.90. The van der Waals surface area contributed by atoms with Crippen LogP contribution in [0.1, 0.15) is 20.3 Å². The molecule has 1 aliphatic heterocycles. The Hall–Kier alpha value is -0.0800. The molecule has 2 aliphatic rings. The van der Waals surface area contributed by atoms with Gasteiger partial charge in [0.15, 0.2) is 0 Å². The van der Waals surface area contributed by atoms with Crippen LogP contribution < -0.4 is 0 Å². The molecule has 2 heteroatoms. The van der Waals surface area contributed by atoms with E-state index in [1.807, 2.05) is 0 Å². The van der Waals surface area contributed by atoms with E-state index >= 15 is 0 Å². The Balaban J connectivity index is 2.17. The van der Waals surface area contributed by atoms with Crippen molar-refractivity contribution in [2.75, 3.05) is 27.2 Å². The zero-order valence-electron chi connectivity index (χ0n) is 9.90. The van der Waals surface area contributed by atoms with E-state index in [9.17, 15) is 5.11 Å². The summed E-state index contributed by atoms with van der Waals surface area (Å²) in [5, 5.41) is 9.91. The minimum atomic E-state index is -0.0365. The van der Waals surface area contributed by atoms with Crippen molar-refractivity contribution in [1.29, 1.82) is 0 Å². The molecule has 0 unspecified atom stereocenters. The molecular formula is C12H24NO+. The average molecular weight is 198 g/mol. The van der Waals surface area contributed by atoms with Crippen LogP contribution in [0.15, 0.2) is 0 Å². The second kappa shape index (κ2) is 3.21. The molecule has 0 radical (unpaired) electrons. The normalized spacial score (nSPS) is 51.6. The lowest BCUT2D eigenvalue weighted by Crippen LogP contribution is -2.54. The van der Waals surface area contributed by atoms with Gasteiger partial charge in [0.1, 0.15) is 0 Å². The maximum atomic E-state index is 9.91. The van der Waals surface area contributed by atoms with Gasteiger partial charge in [0.05, 0.1) is 33.3 Å². The van der Waals surface area contributed by atoms with E-state index in [2.05, 4.69) is 27.9 Å². The number of piperidine rings is 1. The molecule has 14 heavy (non-hydrogen) atoms. The number of fused-ring (bicyclic) bond motifs is 1. The summed E-state index contributed by atoms with van der Waals surface area (Å²) in [5.41, 5.74) is 0. The lowest BCUT2D eigenvalue weighted by atomic mass is 9.78. The number of quaternary nitrogens is 1. The molecule has 0 aromatic carbocycles. The summed E-state index contributed by atoms with van der Waals surface area (Å²) in [7, 11) is 4.65. The molecule has 0 aromatic rings. The SMILES string of the molecule is C[C@@H]1[C@@H]2C[N+](C)(C)C[C@@H](C)[C@H]2C[C@H]1O. The summed E-state index contributed by atoms with van der Waals surface area (Å²) in [6, 6.07) is 0. The van der Waals surface area contributed by atoms with E-state index in [4.69, 9.17) is 0 Å². The van der Waals surface area contributed by atoms with Crippen LogP contribution in [0.3, 0.4) is 0 Å². The van der Waals surface area contributed by atoms with E-state index in [-0.39, 0.29) is 6.10 Å². The van der Waals surface area contributed by atoms with E-state index in [1.165, 1.54) is 13.1 Å². The van der Waals surface area contributed by atoms with Crippen LogP contribution in [0.4, 0.5) is 0 Å². The quantitative estimate of drug-likeness (QED) is 0.583. The predicted octanol–water partition coefficient (Wildman–Crippen LogP) is 1.35. The van der Waals surface area contributed by atoms with Crippen molar-refractivity contribution in [2.24, 2.45) is 23.7 Å². The van der Waals surface area contributed by atoms with Crippen LogP contribution in [0.25, 0.3) is 0 Å². The summed E-state index contributed by atoms with van der Waals surface area (Å²) in [6.07, 6.45) is 1.01. The van der Waals surface area contributed by atoms with Crippen LogP contribution in [0.2, 0.25) is 0 Å². The molecule has 2 rings (SSSR count). The molecule has 82 valence electrons. The number of rotatable bonds is 0. The second-order valence-electron chi connectivity index (χ2n) is 6.27. The first kappa shape index (κ1) is 10.4. The Bertz CT molecular complexity index is 226. The maximum Gasteiger partial charge on any atom is 0.0817 e. The number of hydrogen-bond donors (Lipinski definition) is 1. The topological polar surface area (TPSA) is 20.2 Å². The molecule has 1 N–H and O–H groups in total. The van der Waals surface area contributed by atoms with Gasteiger partial charge in [-0.25, -0.2) is 0 Å². The maximum absolute atomic E-state index is 9.91. The van der Waals surface area contributed by atoms with Crippen molar-refractivity contribution in [2.45, 2.75) is 26.4 Å². The van der Waals surface area contributed by atoms with Gasteiger partial charge in [-0.2, -0.15) is 0 Å². The lowest BCUT2D eigenvalue weighted by Gasteiger charge is -2.44. The van der Waals surface area contributed by atoms with Crippen molar-refractivity contribution < 1.29 is 9.59 Å². The van der Waals surface area contributed by atoms with Gasteiger partial charge in [0.25, 0.3) is 0 Å². The molecule has 2 fully saturated rings. The third-order valence-corrected chi connectivity index (χ3v) is 4.56. The molecule has 0 spiro atoms. The Kier molecular flexibility index (Phi) is 2.39. The van der Waals surface area contributed by atoms with Crippen LogP contribution >= 0.6 is 0 Å². The summed E-state index contributed by atoms with van der Waals surface area (Å²) in [5.74, 6) is 2.83. The first-order valence-electron chi connectivity index (χ1n) is 5.91. The first-order chi connectivity index (χ1) is 6.41. The van der Waals surface area contributed by atoms with Gasteiger partial charge in [0.2, 0.25) is 0 Å². The highest BCUT2D eigenvalue weighted by molar-refractivity contribution is 4.92. The number of nitrogens with zero attached hydrogens (tertiary/aromatic N) is 1. The molecule has 0 bridgehead atoms. The third-order valence-electron chi connectivity index (χ3n) is 4.56. The smallest absolute Gasteiger partial charge is 0.0817 e. The fourth-order valence-electron chi connectivity index (χ4n) is 3.86. The Morgan fingerprint density at radius 1 is 1.07 bits per heavy atom. The summed E-state index contributed by atoms with van der Waals surface area (Å²) in [6.45, 7) is 7.13. The van der Waals surface area contributed by atoms with E-state index < -0.39 is 0 Å². The number of aliphatic hydroxyl groups is 1. The number of hydrogen-bond acceptors (Lipinski definition) is 1. The predicted molar refractivity (Wildman–Crippen MR) is 57.8 cm³/mol. The van der Waals surface area contributed by atoms with Crippen LogP contribution in [0.5, 0.6) is 0 Å². The molecule has 2 nitrogen and oxygen atoms in total. The number of likely N-dealkylation sites (tertiary alicyclic amines) is 1. The van der Waals surface area contributed by atoms with E-state index in [0.717, 1.165) is 28.7 Å². The Morgan fingerprint density at radius 2 is 1.71 bits per heavy atom. The largest absolute Gasteiger partial charge is 0.393 e. The highest BCUT2D eigenvalue weighted by atomic mass is 16.3. The van der Waals surface area contributed by atoms with Gasteiger partial charge in [0, 0.05) is 11.8 Å². The average Bonchev–Trinajstić information content (AvgIpc) is 2.30. The highest BCUT2D eigenvalue weighted by Crippen LogP contribution is 2.45. The van der Waals surface area contributed by atoms with Crippen LogP contribution in [-0.4, -0.2) is 42.9 Å². The highest BCUT2D eigenvalue weighted by Gasteiger charge is 2.49. The fraction of sp³-hybridized carbons (Fsp3) is 1.00. The lowest BCUT2D eigenvalue weighted by molar-refractivity contribution is -0.904. The van der Waals surface area contributed by atoms with E-state index in [0.29, 0.717) is 5.92 Å². The Labute approximate surface area is 87.5 Å². The molecule has 0 amide bonds. The number of aliphatic hydroxyl groups excluding tert-OH is 1. The Morgan fingerprint density at radius 3 is 2.36 bits per heavy atom. The summed E-state index contributed by atoms with van der Waals surface area (Å²) in [4.78, 5) is 0. The molecular weight excluding hydrogens is 174 g/mol. The first-order valence-corrected chi connectivity index (χ1v) is 5.91. The van der Waals surface area contributed by atoms with Gasteiger partial charge in [-0.3, -0.25) is 0 Å². The standard InChI is InChI=1S/C12H24NO/c1-8-6-13(3,4)7-11-9(2)12(14)5-10(8)11/h8-12,14H,5-7H2,1-4H3/q+1/t8-,9-,10-,11+,12-/m1/s1. The van der Waals surface area contributed by atoms with Gasteiger partial charge in [-0.15, -0.1) is 0 Å². The minimum Gasteiger partial charge on any atom is -0.393 e. The van der Waals surface area contributed by atoms with Gasteiger partial charge in [-0.1, -0.05) is 13.8 Å². The van der Waals surface area contributed by atoms with Crippen molar-refractivity contribution >= 4 is 0 Å². The van der Waals surface area contributed by atoms with Crippen molar-refractivity contribution in [3.05, 3.63) is 0 Å². The van der Waals surface area contributed by atoms with E-state index in [1.54, 1.807) is 0 Å².